The van der Waals surface area contributed by atoms with Gasteiger partial charge in [0.1, 0.15) is 6.26 Å². The Labute approximate surface area is 179 Å². The summed E-state index contributed by atoms with van der Waals surface area (Å²) in [6.07, 6.45) is 2.47. The van der Waals surface area contributed by atoms with Crippen molar-refractivity contribution in [3.05, 3.63) is 47.7 Å². The van der Waals surface area contributed by atoms with Crippen LogP contribution in [0.3, 0.4) is 0 Å². The molecule has 3 heterocycles. The molecule has 12 heteroatoms. The van der Waals surface area contributed by atoms with Gasteiger partial charge in [-0.2, -0.15) is 13.8 Å². The zero-order valence-electron chi connectivity index (χ0n) is 16.7. The monoisotopic (exact) mass is 450 g/mol. The highest BCUT2D eigenvalue weighted by Crippen LogP contribution is 2.26. The summed E-state index contributed by atoms with van der Waals surface area (Å²) in [6, 6.07) is 3.45. The number of halogens is 3. The van der Waals surface area contributed by atoms with Crippen LogP contribution in [0.15, 0.2) is 35.1 Å². The summed E-state index contributed by atoms with van der Waals surface area (Å²) < 4.78 is 52.9. The van der Waals surface area contributed by atoms with Crippen molar-refractivity contribution in [1.29, 1.82) is 0 Å². The van der Waals surface area contributed by atoms with Crippen LogP contribution in [0.25, 0.3) is 10.9 Å². The number of aromatic nitrogens is 2. The van der Waals surface area contributed by atoms with Crippen molar-refractivity contribution in [3.8, 4) is 5.75 Å². The number of carbonyl (C=O) groups is 2. The van der Waals surface area contributed by atoms with Gasteiger partial charge in [0.25, 0.3) is 11.9 Å². The Morgan fingerprint density at radius 3 is 2.81 bits per heavy atom. The number of oxazole rings is 1. The molecular weight excluding hydrogens is 433 g/mol. The predicted octanol–water partition coefficient (Wildman–Crippen LogP) is 2.76. The lowest BCUT2D eigenvalue weighted by Crippen LogP contribution is -2.59. The van der Waals surface area contributed by atoms with Crippen LogP contribution in [0.4, 0.5) is 19.2 Å². The van der Waals surface area contributed by atoms with E-state index in [0.29, 0.717) is 13.1 Å². The molecule has 0 atom stereocenters. The molecular formula is C20H17F3N4O5. The number of alkyl halides is 2. The van der Waals surface area contributed by atoms with Crippen LogP contribution < -0.4 is 15.0 Å². The first-order valence-corrected chi connectivity index (χ1v) is 9.56. The van der Waals surface area contributed by atoms with Crippen molar-refractivity contribution < 1.29 is 36.7 Å². The van der Waals surface area contributed by atoms with E-state index in [0.717, 1.165) is 12.1 Å². The van der Waals surface area contributed by atoms with Gasteiger partial charge in [-0.1, -0.05) is 0 Å². The summed E-state index contributed by atoms with van der Waals surface area (Å²) in [5.74, 6) is -2.62. The number of hydrogen-bond acceptors (Lipinski definition) is 8. The minimum atomic E-state index is -3.16. The van der Waals surface area contributed by atoms with E-state index < -0.39 is 30.1 Å². The summed E-state index contributed by atoms with van der Waals surface area (Å²) in [5, 5.41) is 3.06. The van der Waals surface area contributed by atoms with E-state index in [1.807, 2.05) is 0 Å². The van der Waals surface area contributed by atoms with E-state index >= 15 is 0 Å². The van der Waals surface area contributed by atoms with Crippen molar-refractivity contribution >= 4 is 28.8 Å². The second-order valence-corrected chi connectivity index (χ2v) is 6.89. The van der Waals surface area contributed by atoms with Gasteiger partial charge in [0.15, 0.2) is 17.3 Å². The van der Waals surface area contributed by atoms with Crippen molar-refractivity contribution in [3.63, 3.8) is 0 Å². The lowest BCUT2D eigenvalue weighted by Gasteiger charge is -2.38. The van der Waals surface area contributed by atoms with Gasteiger partial charge in [-0.25, -0.2) is 9.18 Å². The minimum absolute atomic E-state index is 0.0610. The van der Waals surface area contributed by atoms with E-state index in [2.05, 4.69) is 20.0 Å². The molecule has 0 spiro atoms. The number of amides is 1. The quantitative estimate of drug-likeness (QED) is 0.548. The SMILES string of the molecule is CCOC(=O)c1coc(N2CC(NC(=O)c3cnc4cc(OC(F)F)c(F)cc4c3)C2)n1. The Morgan fingerprint density at radius 2 is 2.09 bits per heavy atom. The van der Waals surface area contributed by atoms with Gasteiger partial charge in [-0.05, 0) is 19.1 Å². The fraction of sp³-hybridized carbons (Fsp3) is 0.300. The van der Waals surface area contributed by atoms with E-state index in [4.69, 9.17) is 9.15 Å². The molecule has 1 saturated heterocycles. The number of benzene rings is 1. The number of carbonyl (C=O) groups excluding carboxylic acids is 2. The zero-order valence-corrected chi connectivity index (χ0v) is 16.7. The number of nitrogens with zero attached hydrogens (tertiary/aromatic N) is 3. The number of anilines is 1. The number of fused-ring (bicyclic) bond motifs is 1. The molecule has 1 aliphatic heterocycles. The molecule has 4 rings (SSSR count). The van der Waals surface area contributed by atoms with Crippen molar-refractivity contribution in [2.45, 2.75) is 19.6 Å². The first kappa shape index (κ1) is 21.4. The van der Waals surface area contributed by atoms with E-state index in [1.54, 1.807) is 11.8 Å². The maximum atomic E-state index is 13.9. The molecule has 0 bridgehead atoms. The lowest BCUT2D eigenvalue weighted by molar-refractivity contribution is -0.0520. The first-order valence-electron chi connectivity index (χ1n) is 9.56. The Morgan fingerprint density at radius 1 is 1.31 bits per heavy atom. The fourth-order valence-electron chi connectivity index (χ4n) is 3.14. The van der Waals surface area contributed by atoms with Crippen LogP contribution in [0, 0.1) is 5.82 Å². The van der Waals surface area contributed by atoms with Gasteiger partial charge in [0, 0.05) is 30.7 Å². The Kier molecular flexibility index (Phi) is 5.84. The maximum absolute atomic E-state index is 13.9. The van der Waals surface area contributed by atoms with Crippen LogP contribution >= 0.6 is 0 Å². The predicted molar refractivity (Wildman–Crippen MR) is 104 cm³/mol. The second kappa shape index (κ2) is 8.73. The van der Waals surface area contributed by atoms with Gasteiger partial charge < -0.3 is 24.1 Å². The van der Waals surface area contributed by atoms with Crippen LogP contribution in [0.5, 0.6) is 5.75 Å². The van der Waals surface area contributed by atoms with Gasteiger partial charge in [-0.15, -0.1) is 0 Å². The molecule has 2 aromatic heterocycles. The summed E-state index contributed by atoms with van der Waals surface area (Å²) >= 11 is 0. The number of nitrogens with one attached hydrogen (secondary N) is 1. The largest absolute Gasteiger partial charge is 0.461 e. The lowest BCUT2D eigenvalue weighted by atomic mass is 10.1. The molecule has 32 heavy (non-hydrogen) atoms. The maximum Gasteiger partial charge on any atom is 0.387 e. The summed E-state index contributed by atoms with van der Waals surface area (Å²) in [4.78, 5) is 34.0. The van der Waals surface area contributed by atoms with E-state index in [1.165, 1.54) is 18.5 Å². The highest BCUT2D eigenvalue weighted by atomic mass is 19.3. The van der Waals surface area contributed by atoms with Crippen LogP contribution in [0.1, 0.15) is 27.8 Å². The summed E-state index contributed by atoms with van der Waals surface area (Å²) in [6.45, 7) is -0.457. The number of pyridine rings is 1. The third-order valence-electron chi connectivity index (χ3n) is 4.68. The van der Waals surface area contributed by atoms with Crippen molar-refractivity contribution in [2.24, 2.45) is 0 Å². The Hall–Kier alpha value is -3.83. The molecule has 9 nitrogen and oxygen atoms in total. The van der Waals surface area contributed by atoms with E-state index in [-0.39, 0.29) is 40.8 Å². The molecule has 168 valence electrons. The Bertz CT molecular complexity index is 1160. The number of ether oxygens (including phenoxy) is 2. The Balaban J connectivity index is 1.37. The standard InChI is InChI=1S/C20H17F3N4O5/c1-2-30-18(29)15-9-31-20(26-15)27-7-12(8-27)25-17(28)11-3-10-4-13(21)16(32-19(22)23)5-14(10)24-6-11/h3-6,9,12,19H,2,7-8H2,1H3,(H,25,28). The molecule has 1 aliphatic rings. The molecule has 1 fully saturated rings. The third-order valence-corrected chi connectivity index (χ3v) is 4.68. The molecule has 0 unspecified atom stereocenters. The van der Waals surface area contributed by atoms with Gasteiger partial charge in [-0.3, -0.25) is 9.78 Å². The number of hydrogen-bond donors (Lipinski definition) is 1. The average Bonchev–Trinajstić information content (AvgIpc) is 3.20. The van der Waals surface area contributed by atoms with Gasteiger partial charge >= 0.3 is 12.6 Å². The smallest absolute Gasteiger partial charge is 0.387 e. The summed E-state index contributed by atoms with van der Waals surface area (Å²) in [7, 11) is 0. The second-order valence-electron chi connectivity index (χ2n) is 6.89. The molecule has 0 aliphatic carbocycles. The normalized spacial score (nSPS) is 13.8. The zero-order chi connectivity index (χ0) is 22.8. The highest BCUT2D eigenvalue weighted by molar-refractivity contribution is 5.97. The fourth-order valence-corrected chi connectivity index (χ4v) is 3.14. The molecule has 1 amide bonds. The number of esters is 1. The average molecular weight is 450 g/mol. The summed E-state index contributed by atoms with van der Waals surface area (Å²) in [5.41, 5.74) is 0.444. The van der Waals surface area contributed by atoms with Crippen LogP contribution in [-0.4, -0.2) is 54.2 Å². The third kappa shape index (κ3) is 4.43. The van der Waals surface area contributed by atoms with Gasteiger partial charge in [0.05, 0.1) is 23.7 Å². The van der Waals surface area contributed by atoms with Crippen molar-refractivity contribution in [1.82, 2.24) is 15.3 Å². The molecule has 1 N–H and O–H groups in total. The van der Waals surface area contributed by atoms with Crippen LogP contribution in [0.2, 0.25) is 0 Å². The molecule has 0 radical (unpaired) electrons. The van der Waals surface area contributed by atoms with E-state index in [9.17, 15) is 22.8 Å². The topological polar surface area (TPSA) is 107 Å². The molecule has 3 aromatic rings. The molecule has 0 saturated carbocycles. The van der Waals surface area contributed by atoms with Crippen molar-refractivity contribution in [2.75, 3.05) is 24.6 Å². The highest BCUT2D eigenvalue weighted by Gasteiger charge is 2.32. The minimum Gasteiger partial charge on any atom is -0.461 e. The van der Waals surface area contributed by atoms with Crippen LogP contribution in [-0.2, 0) is 4.74 Å². The number of rotatable bonds is 7. The first-order chi connectivity index (χ1) is 15.3. The van der Waals surface area contributed by atoms with Gasteiger partial charge in [0.2, 0.25) is 0 Å². The molecule has 1 aromatic carbocycles.